The van der Waals surface area contributed by atoms with Gasteiger partial charge in [0.25, 0.3) is 11.1 Å². The molecule has 8 rings (SSSR count). The SMILES string of the molecule is CCC(C)(C)c1cc2oc(=Nc3c(C)cccc3C)c(=Nc3c(C)cccc3C)oc2cc1-c1cc2c(cc1C(C)(C)C)OS(C1C=CC=C1)(C1C=CC=C1)O2. The first-order chi connectivity index (χ1) is 26.7. The molecule has 0 spiro atoms. The fourth-order valence-corrected chi connectivity index (χ4v) is 10.7. The molecule has 288 valence electrons. The molecule has 56 heavy (non-hydrogen) atoms. The third-order valence-electron chi connectivity index (χ3n) is 11.4. The zero-order valence-electron chi connectivity index (χ0n) is 34.2. The first-order valence-electron chi connectivity index (χ1n) is 19.6. The maximum Gasteiger partial charge on any atom is 0.284 e. The minimum Gasteiger partial charge on any atom is -0.431 e. The molecule has 0 atom stereocenters. The van der Waals surface area contributed by atoms with Crippen LogP contribution < -0.4 is 19.5 Å². The summed E-state index contributed by atoms with van der Waals surface area (Å²) in [6.45, 7) is 21.8. The van der Waals surface area contributed by atoms with Crippen LogP contribution in [0.25, 0.3) is 22.3 Å². The van der Waals surface area contributed by atoms with Gasteiger partial charge in [0.05, 0.1) is 11.4 Å². The highest BCUT2D eigenvalue weighted by molar-refractivity contribution is 8.28. The van der Waals surface area contributed by atoms with E-state index in [0.717, 1.165) is 73.8 Å². The molecule has 3 aliphatic rings. The van der Waals surface area contributed by atoms with Gasteiger partial charge in [0.1, 0.15) is 10.5 Å². The molecular formula is C49H52N2O4S. The summed E-state index contributed by atoms with van der Waals surface area (Å²) < 4.78 is 27.9. The lowest BCUT2D eigenvalue weighted by Gasteiger charge is -2.44. The number of aryl methyl sites for hydroxylation is 4. The molecule has 0 N–H and O–H groups in total. The van der Waals surface area contributed by atoms with Crippen molar-refractivity contribution < 1.29 is 17.2 Å². The number of benzene rings is 4. The minimum absolute atomic E-state index is 0.0339. The summed E-state index contributed by atoms with van der Waals surface area (Å²) in [6.07, 6.45) is 18.1. The quantitative estimate of drug-likeness (QED) is 0.165. The summed E-state index contributed by atoms with van der Waals surface area (Å²) in [5.74, 6) is 1.56. The van der Waals surface area contributed by atoms with Gasteiger partial charge in [0.2, 0.25) is 0 Å². The summed E-state index contributed by atoms with van der Waals surface area (Å²) in [5.41, 5.74) is 11.7. The lowest BCUT2D eigenvalue weighted by atomic mass is 9.75. The predicted octanol–water partition coefficient (Wildman–Crippen LogP) is 12.8. The molecule has 5 aromatic rings. The zero-order chi connectivity index (χ0) is 39.6. The van der Waals surface area contributed by atoms with E-state index < -0.39 is 10.6 Å². The van der Waals surface area contributed by atoms with E-state index in [4.69, 9.17) is 27.2 Å². The Hall–Kier alpha value is -5.27. The second-order valence-electron chi connectivity index (χ2n) is 16.9. The van der Waals surface area contributed by atoms with Crippen molar-refractivity contribution in [2.75, 3.05) is 0 Å². The fourth-order valence-electron chi connectivity index (χ4n) is 7.79. The van der Waals surface area contributed by atoms with Crippen molar-refractivity contribution in [3.8, 4) is 22.6 Å². The van der Waals surface area contributed by atoms with Crippen LogP contribution in [0, 0.1) is 27.7 Å². The van der Waals surface area contributed by atoms with Crippen molar-refractivity contribution in [2.45, 2.75) is 97.0 Å². The molecule has 0 saturated carbocycles. The summed E-state index contributed by atoms with van der Waals surface area (Å²) >= 11 is 0. The molecule has 1 aliphatic heterocycles. The van der Waals surface area contributed by atoms with E-state index in [1.54, 1.807) is 0 Å². The number of fused-ring (bicyclic) bond motifs is 2. The average molecular weight is 765 g/mol. The van der Waals surface area contributed by atoms with Crippen LogP contribution in [0.4, 0.5) is 11.4 Å². The smallest absolute Gasteiger partial charge is 0.284 e. The van der Waals surface area contributed by atoms with E-state index in [-0.39, 0.29) is 21.3 Å². The second-order valence-corrected chi connectivity index (χ2v) is 19.5. The molecule has 0 unspecified atom stereocenters. The van der Waals surface area contributed by atoms with Gasteiger partial charge in [-0.1, -0.05) is 137 Å². The Morgan fingerprint density at radius 2 is 1.00 bits per heavy atom. The molecule has 0 saturated heterocycles. The summed E-state index contributed by atoms with van der Waals surface area (Å²) in [7, 11) is -2.10. The van der Waals surface area contributed by atoms with Gasteiger partial charge in [0.15, 0.2) is 22.7 Å². The standard InChI is InChI=1S/C49H52N2O4S/c1-11-49(9,10)39-29-41-40(52-46(50-44-30(2)18-16-19-31(44)3)47(53-41)51-45-32(4)20-17-21-33(45)5)26-37(39)36-27-42-43(28-38(36)48(6,7)8)55-56(54-42,34-22-12-13-23-34)35-24-14-15-25-35/h12-29,34-35H,11H2,1-10H3. The van der Waals surface area contributed by atoms with E-state index in [2.05, 4.69) is 166 Å². The van der Waals surface area contributed by atoms with Crippen molar-refractivity contribution in [2.24, 2.45) is 9.98 Å². The lowest BCUT2D eigenvalue weighted by molar-refractivity contribution is 0.426. The average Bonchev–Trinajstić information content (AvgIpc) is 3.96. The number of hydrogen-bond donors (Lipinski definition) is 0. The normalized spacial score (nSPS) is 17.6. The van der Waals surface area contributed by atoms with E-state index in [1.165, 1.54) is 0 Å². The zero-order valence-corrected chi connectivity index (χ0v) is 35.0. The topological polar surface area (TPSA) is 69.5 Å². The summed E-state index contributed by atoms with van der Waals surface area (Å²) in [6, 6.07) is 21.0. The molecule has 1 aromatic heterocycles. The maximum atomic E-state index is 7.12. The molecule has 6 nitrogen and oxygen atoms in total. The number of nitrogens with zero attached hydrogens (tertiary/aromatic N) is 2. The van der Waals surface area contributed by atoms with Crippen molar-refractivity contribution in [3.63, 3.8) is 0 Å². The Labute approximate surface area is 332 Å². The number of allylic oxidation sites excluding steroid dienone is 4. The van der Waals surface area contributed by atoms with Crippen LogP contribution >= 0.6 is 10.6 Å². The molecule has 0 bridgehead atoms. The Bertz CT molecular complexity index is 2570. The number of rotatable bonds is 7. The monoisotopic (exact) mass is 764 g/mol. The molecule has 7 heteroatoms. The van der Waals surface area contributed by atoms with Gasteiger partial charge in [-0.25, -0.2) is 9.98 Å². The van der Waals surface area contributed by atoms with E-state index in [9.17, 15) is 0 Å². The molecule has 0 amide bonds. The Balaban J connectivity index is 1.40. The number of para-hydroxylation sites is 2. The maximum absolute atomic E-state index is 7.12. The second kappa shape index (κ2) is 14.0. The van der Waals surface area contributed by atoms with Gasteiger partial charge in [0, 0.05) is 0 Å². The molecular weight excluding hydrogens is 713 g/mol. The van der Waals surface area contributed by atoms with Crippen LogP contribution in [0.2, 0.25) is 0 Å². The molecule has 0 radical (unpaired) electrons. The van der Waals surface area contributed by atoms with Gasteiger partial charge < -0.3 is 17.2 Å². The molecule has 2 aliphatic carbocycles. The van der Waals surface area contributed by atoms with E-state index in [0.29, 0.717) is 22.3 Å². The van der Waals surface area contributed by atoms with Gasteiger partial charge in [-0.15, -0.1) is 0 Å². The highest BCUT2D eigenvalue weighted by Crippen LogP contribution is 2.68. The molecule has 2 heterocycles. The summed E-state index contributed by atoms with van der Waals surface area (Å²) in [4.78, 5) is 10.2. The van der Waals surface area contributed by atoms with Gasteiger partial charge in [-0.3, -0.25) is 0 Å². The third-order valence-corrected chi connectivity index (χ3v) is 14.4. The van der Waals surface area contributed by atoms with Gasteiger partial charge >= 0.3 is 0 Å². The van der Waals surface area contributed by atoms with E-state index in [1.807, 2.05) is 12.1 Å². The summed E-state index contributed by atoms with van der Waals surface area (Å²) in [5, 5.41) is 0.0678. The van der Waals surface area contributed by atoms with Gasteiger partial charge in [-0.05, 0) is 114 Å². The highest BCUT2D eigenvalue weighted by atomic mass is 32.3. The third kappa shape index (κ3) is 6.60. The van der Waals surface area contributed by atoms with Crippen LogP contribution in [-0.2, 0) is 10.8 Å². The minimum atomic E-state index is -2.10. The highest BCUT2D eigenvalue weighted by Gasteiger charge is 2.45. The van der Waals surface area contributed by atoms with Crippen molar-refractivity contribution in [1.82, 2.24) is 0 Å². The Morgan fingerprint density at radius 3 is 1.45 bits per heavy atom. The molecule has 0 fully saturated rings. The number of hydrogen-bond acceptors (Lipinski definition) is 6. The Morgan fingerprint density at radius 1 is 0.571 bits per heavy atom. The first-order valence-corrected chi connectivity index (χ1v) is 21.2. The molecule has 4 aromatic carbocycles. The first kappa shape index (κ1) is 37.6. The van der Waals surface area contributed by atoms with Crippen molar-refractivity contribution in [1.29, 1.82) is 0 Å². The predicted molar refractivity (Wildman–Crippen MR) is 231 cm³/mol. The fraction of sp³-hybridized carbons (Fsp3) is 0.306. The van der Waals surface area contributed by atoms with Crippen LogP contribution in [-0.4, -0.2) is 10.5 Å². The van der Waals surface area contributed by atoms with Crippen LogP contribution in [0.15, 0.2) is 128 Å². The van der Waals surface area contributed by atoms with Gasteiger partial charge in [-0.2, -0.15) is 0 Å². The lowest BCUT2D eigenvalue weighted by Crippen LogP contribution is -2.28. The van der Waals surface area contributed by atoms with Crippen LogP contribution in [0.3, 0.4) is 0 Å². The Kier molecular flexibility index (Phi) is 9.43. The van der Waals surface area contributed by atoms with E-state index >= 15 is 0 Å². The van der Waals surface area contributed by atoms with Crippen LogP contribution in [0.5, 0.6) is 11.5 Å². The largest absolute Gasteiger partial charge is 0.431 e. The van der Waals surface area contributed by atoms with Crippen molar-refractivity contribution in [3.05, 3.63) is 154 Å². The van der Waals surface area contributed by atoms with Crippen LogP contribution in [0.1, 0.15) is 81.3 Å². The van der Waals surface area contributed by atoms with Crippen molar-refractivity contribution >= 4 is 33.1 Å².